The molecule has 0 fully saturated rings. The molecule has 0 spiro atoms. The molecule has 0 saturated carbocycles. The Morgan fingerprint density at radius 2 is 2.17 bits per heavy atom. The van der Waals surface area contributed by atoms with Gasteiger partial charge in [-0.1, -0.05) is 11.6 Å². The molecule has 0 bridgehead atoms. The van der Waals surface area contributed by atoms with E-state index in [0.717, 1.165) is 11.4 Å². The average molecular weight is 204 g/mol. The summed E-state index contributed by atoms with van der Waals surface area (Å²) in [6, 6.07) is 0. The van der Waals surface area contributed by atoms with Gasteiger partial charge in [0.15, 0.2) is 5.11 Å². The molecule has 66 valence electrons. The molecule has 3 nitrogen and oxygen atoms in total. The van der Waals surface area contributed by atoms with Crippen LogP contribution in [0.25, 0.3) is 0 Å². The number of hydrogen-bond acceptors (Lipinski definition) is 2. The second-order valence-electron chi connectivity index (χ2n) is 2.45. The van der Waals surface area contributed by atoms with Gasteiger partial charge in [0.05, 0.1) is 16.4 Å². The number of rotatable bonds is 0. The predicted octanol–water partition coefficient (Wildman–Crippen LogP) is 1.51. The van der Waals surface area contributed by atoms with Crippen molar-refractivity contribution in [2.75, 3.05) is 7.05 Å². The Morgan fingerprint density at radius 3 is 2.50 bits per heavy atom. The van der Waals surface area contributed by atoms with Gasteiger partial charge in [-0.3, -0.25) is 0 Å². The Labute approximate surface area is 81.7 Å². The van der Waals surface area contributed by atoms with Crippen LogP contribution in [-0.4, -0.2) is 21.9 Å². The standard InChI is InChI=1S/C7H10ClN3S/c1-4-6(8)5(2)11(10-4)7(12)9-3/h1-3H3,(H,9,12). The van der Waals surface area contributed by atoms with Crippen LogP contribution < -0.4 is 5.32 Å². The highest BCUT2D eigenvalue weighted by atomic mass is 35.5. The normalized spacial score (nSPS) is 10.0. The van der Waals surface area contributed by atoms with Gasteiger partial charge < -0.3 is 5.32 Å². The van der Waals surface area contributed by atoms with Crippen molar-refractivity contribution in [3.8, 4) is 0 Å². The molecule has 0 aliphatic rings. The van der Waals surface area contributed by atoms with E-state index in [-0.39, 0.29) is 0 Å². The Bertz CT molecular complexity index is 319. The highest BCUT2D eigenvalue weighted by Crippen LogP contribution is 2.18. The van der Waals surface area contributed by atoms with E-state index in [0.29, 0.717) is 10.1 Å². The molecule has 5 heteroatoms. The average Bonchev–Trinajstić information content (AvgIpc) is 2.32. The van der Waals surface area contributed by atoms with Crippen LogP contribution in [0.15, 0.2) is 0 Å². The van der Waals surface area contributed by atoms with Crippen LogP contribution in [-0.2, 0) is 0 Å². The molecule has 0 radical (unpaired) electrons. The molecule has 0 unspecified atom stereocenters. The molecule has 0 atom stereocenters. The topological polar surface area (TPSA) is 29.9 Å². The number of aryl methyl sites for hydroxylation is 1. The Balaban J connectivity index is 3.17. The minimum Gasteiger partial charge on any atom is -0.364 e. The van der Waals surface area contributed by atoms with Crippen molar-refractivity contribution in [2.24, 2.45) is 0 Å². The van der Waals surface area contributed by atoms with Gasteiger partial charge >= 0.3 is 0 Å². The van der Waals surface area contributed by atoms with E-state index in [1.807, 2.05) is 13.8 Å². The molecule has 0 amide bonds. The van der Waals surface area contributed by atoms with Crippen LogP contribution in [0.2, 0.25) is 5.02 Å². The maximum atomic E-state index is 5.93. The van der Waals surface area contributed by atoms with Crippen LogP contribution in [0.1, 0.15) is 11.4 Å². The van der Waals surface area contributed by atoms with Crippen molar-refractivity contribution in [2.45, 2.75) is 13.8 Å². The number of nitrogens with zero attached hydrogens (tertiary/aromatic N) is 2. The first-order valence-electron chi connectivity index (χ1n) is 3.51. The van der Waals surface area contributed by atoms with E-state index in [2.05, 4.69) is 10.4 Å². The zero-order valence-electron chi connectivity index (χ0n) is 7.18. The number of hydrogen-bond donors (Lipinski definition) is 1. The molecule has 1 aromatic heterocycles. The molecular weight excluding hydrogens is 194 g/mol. The first-order valence-corrected chi connectivity index (χ1v) is 4.30. The minimum absolute atomic E-state index is 0.558. The van der Waals surface area contributed by atoms with Gasteiger partial charge in [-0.15, -0.1) is 0 Å². The minimum atomic E-state index is 0.558. The van der Waals surface area contributed by atoms with Gasteiger partial charge in [0, 0.05) is 7.05 Å². The lowest BCUT2D eigenvalue weighted by molar-refractivity contribution is 0.859. The molecular formula is C7H10ClN3S. The Kier molecular flexibility index (Phi) is 2.69. The number of nitrogens with one attached hydrogen (secondary N) is 1. The summed E-state index contributed by atoms with van der Waals surface area (Å²) in [5.41, 5.74) is 1.67. The van der Waals surface area contributed by atoms with Gasteiger partial charge in [-0.25, -0.2) is 4.68 Å². The summed E-state index contributed by atoms with van der Waals surface area (Å²) in [7, 11) is 1.76. The predicted molar refractivity (Wildman–Crippen MR) is 53.8 cm³/mol. The number of thiocarbonyl (C=S) groups is 1. The van der Waals surface area contributed by atoms with E-state index in [1.165, 1.54) is 0 Å². The van der Waals surface area contributed by atoms with E-state index < -0.39 is 0 Å². The fourth-order valence-electron chi connectivity index (χ4n) is 0.927. The van der Waals surface area contributed by atoms with Gasteiger partial charge in [0.25, 0.3) is 0 Å². The molecule has 0 aromatic carbocycles. The van der Waals surface area contributed by atoms with Gasteiger partial charge in [-0.05, 0) is 26.1 Å². The summed E-state index contributed by atoms with van der Waals surface area (Å²) >= 11 is 10.9. The summed E-state index contributed by atoms with van der Waals surface area (Å²) in [5.74, 6) is 0. The van der Waals surface area contributed by atoms with E-state index in [1.54, 1.807) is 11.7 Å². The van der Waals surface area contributed by atoms with Crippen LogP contribution >= 0.6 is 23.8 Å². The molecule has 12 heavy (non-hydrogen) atoms. The lowest BCUT2D eigenvalue weighted by atomic mass is 10.4. The maximum absolute atomic E-state index is 5.93. The molecule has 1 heterocycles. The third kappa shape index (κ3) is 1.44. The quantitative estimate of drug-likeness (QED) is 0.649. The van der Waals surface area contributed by atoms with Gasteiger partial charge in [0.1, 0.15) is 0 Å². The molecule has 1 aromatic rings. The van der Waals surface area contributed by atoms with Crippen LogP contribution in [0.4, 0.5) is 0 Å². The SMILES string of the molecule is CNC(=S)n1nc(C)c(Cl)c1C. The summed E-state index contributed by atoms with van der Waals surface area (Å²) in [5, 5.41) is 8.23. The summed E-state index contributed by atoms with van der Waals surface area (Å²) in [4.78, 5) is 0. The van der Waals surface area contributed by atoms with Gasteiger partial charge in [-0.2, -0.15) is 5.10 Å². The fourth-order valence-corrected chi connectivity index (χ4v) is 1.22. The smallest absolute Gasteiger partial charge is 0.193 e. The molecule has 1 rings (SSSR count). The Hall–Kier alpha value is -0.610. The van der Waals surface area contributed by atoms with Crippen molar-refractivity contribution >= 4 is 28.9 Å². The third-order valence-electron chi connectivity index (χ3n) is 1.61. The lowest BCUT2D eigenvalue weighted by Crippen LogP contribution is -2.26. The second kappa shape index (κ2) is 3.41. The highest BCUT2D eigenvalue weighted by molar-refractivity contribution is 7.80. The largest absolute Gasteiger partial charge is 0.364 e. The van der Waals surface area contributed by atoms with Gasteiger partial charge in [0.2, 0.25) is 0 Å². The van der Waals surface area contributed by atoms with Crippen molar-refractivity contribution in [3.05, 3.63) is 16.4 Å². The van der Waals surface area contributed by atoms with Crippen molar-refractivity contribution in [3.63, 3.8) is 0 Å². The molecule has 0 aliphatic carbocycles. The zero-order chi connectivity index (χ0) is 9.30. The van der Waals surface area contributed by atoms with Crippen LogP contribution in [0.5, 0.6) is 0 Å². The number of aromatic nitrogens is 2. The zero-order valence-corrected chi connectivity index (χ0v) is 8.75. The Morgan fingerprint density at radius 1 is 1.58 bits per heavy atom. The second-order valence-corrected chi connectivity index (χ2v) is 3.22. The third-order valence-corrected chi connectivity index (χ3v) is 2.53. The molecule has 1 N–H and O–H groups in total. The summed E-state index contributed by atoms with van der Waals surface area (Å²) in [6.45, 7) is 3.73. The first-order chi connectivity index (χ1) is 5.57. The number of halogens is 1. The van der Waals surface area contributed by atoms with E-state index >= 15 is 0 Å². The summed E-state index contributed by atoms with van der Waals surface area (Å²) in [6.07, 6.45) is 0. The molecule has 0 aliphatic heterocycles. The first kappa shape index (κ1) is 9.48. The van der Waals surface area contributed by atoms with E-state index in [4.69, 9.17) is 23.8 Å². The fraction of sp³-hybridized carbons (Fsp3) is 0.429. The lowest BCUT2D eigenvalue weighted by Gasteiger charge is -2.03. The maximum Gasteiger partial charge on any atom is 0.193 e. The highest BCUT2D eigenvalue weighted by Gasteiger charge is 2.10. The molecule has 0 saturated heterocycles. The van der Waals surface area contributed by atoms with E-state index in [9.17, 15) is 0 Å². The van der Waals surface area contributed by atoms with Crippen molar-refractivity contribution in [1.29, 1.82) is 0 Å². The summed E-state index contributed by atoms with van der Waals surface area (Å²) < 4.78 is 1.62. The van der Waals surface area contributed by atoms with Crippen molar-refractivity contribution in [1.82, 2.24) is 15.1 Å². The van der Waals surface area contributed by atoms with Crippen LogP contribution in [0.3, 0.4) is 0 Å². The monoisotopic (exact) mass is 203 g/mol. The van der Waals surface area contributed by atoms with Crippen LogP contribution in [0, 0.1) is 13.8 Å². The van der Waals surface area contributed by atoms with Crippen molar-refractivity contribution < 1.29 is 0 Å².